The number of likely N-dealkylation sites (tertiary alicyclic amines) is 1. The molecule has 172 valence electrons. The van der Waals surface area contributed by atoms with Crippen LogP contribution in [0.25, 0.3) is 0 Å². The number of carbonyl (C=O) groups is 1. The molecule has 0 bridgehead atoms. The van der Waals surface area contributed by atoms with Crippen molar-refractivity contribution in [1.29, 1.82) is 0 Å². The van der Waals surface area contributed by atoms with Crippen molar-refractivity contribution in [3.05, 3.63) is 59.3 Å². The summed E-state index contributed by atoms with van der Waals surface area (Å²) in [5.41, 5.74) is 3.55. The first-order chi connectivity index (χ1) is 15.7. The molecule has 1 aromatic carbocycles. The van der Waals surface area contributed by atoms with Gasteiger partial charge in [-0.3, -0.25) is 4.90 Å². The molecule has 2 atom stereocenters. The van der Waals surface area contributed by atoms with E-state index in [1.807, 2.05) is 37.3 Å². The molecule has 1 fully saturated rings. The number of carbonyl (C=O) groups excluding carboxylic acids is 1. The predicted octanol–water partition coefficient (Wildman–Crippen LogP) is 3.73. The second kappa shape index (κ2) is 11.4. The van der Waals surface area contributed by atoms with E-state index in [1.54, 1.807) is 0 Å². The number of benzene rings is 1. The molecule has 2 aromatic rings. The standard InChI is InChI=1S/C26H36N4O2/c1-2-32-26(31)24(20-9-4-3-5-10-20)30-18-15-23(19-30)27-16-7-6-12-22-14-13-21-11-8-17-28-25(21)29-22/h3-5,9-10,13-14,23-24,27H,2,6-8,11-12,15-19H2,1H3,(H,28,29). The van der Waals surface area contributed by atoms with E-state index in [1.165, 1.54) is 17.7 Å². The number of anilines is 1. The molecule has 4 rings (SSSR count). The molecule has 32 heavy (non-hydrogen) atoms. The van der Waals surface area contributed by atoms with Crippen LogP contribution in [0.5, 0.6) is 0 Å². The highest BCUT2D eigenvalue weighted by atomic mass is 16.5. The van der Waals surface area contributed by atoms with Crippen LogP contribution >= 0.6 is 0 Å². The van der Waals surface area contributed by atoms with Gasteiger partial charge in [0.15, 0.2) is 0 Å². The maximum Gasteiger partial charge on any atom is 0.328 e. The first-order valence-electron chi connectivity index (χ1n) is 12.2. The number of pyridine rings is 1. The van der Waals surface area contributed by atoms with Gasteiger partial charge in [-0.2, -0.15) is 0 Å². The van der Waals surface area contributed by atoms with Crippen LogP contribution in [0.3, 0.4) is 0 Å². The van der Waals surface area contributed by atoms with Crippen molar-refractivity contribution >= 4 is 11.8 Å². The molecule has 6 nitrogen and oxygen atoms in total. The average molecular weight is 437 g/mol. The van der Waals surface area contributed by atoms with Crippen molar-refractivity contribution in [2.45, 2.75) is 57.5 Å². The van der Waals surface area contributed by atoms with Crippen LogP contribution in [-0.2, 0) is 22.4 Å². The van der Waals surface area contributed by atoms with E-state index < -0.39 is 0 Å². The van der Waals surface area contributed by atoms with Gasteiger partial charge in [-0.1, -0.05) is 36.4 Å². The van der Waals surface area contributed by atoms with Gasteiger partial charge in [-0.15, -0.1) is 0 Å². The highest BCUT2D eigenvalue weighted by Crippen LogP contribution is 2.27. The summed E-state index contributed by atoms with van der Waals surface area (Å²) >= 11 is 0. The summed E-state index contributed by atoms with van der Waals surface area (Å²) in [5.74, 6) is 0.943. The van der Waals surface area contributed by atoms with Crippen molar-refractivity contribution < 1.29 is 9.53 Å². The Hall–Kier alpha value is -2.44. The third-order valence-electron chi connectivity index (χ3n) is 6.45. The van der Waals surface area contributed by atoms with Gasteiger partial charge < -0.3 is 15.4 Å². The number of unbranched alkanes of at least 4 members (excludes halogenated alkanes) is 1. The van der Waals surface area contributed by atoms with E-state index in [-0.39, 0.29) is 12.0 Å². The molecule has 6 heteroatoms. The summed E-state index contributed by atoms with van der Waals surface area (Å²) in [5, 5.41) is 7.12. The Morgan fingerprint density at radius 1 is 1.25 bits per heavy atom. The SMILES string of the molecule is CCOC(=O)C(c1ccccc1)N1CCC(NCCCCc2ccc3c(n2)NCCC3)C1. The molecule has 2 aliphatic rings. The highest BCUT2D eigenvalue weighted by Gasteiger charge is 2.34. The van der Waals surface area contributed by atoms with E-state index in [2.05, 4.69) is 27.7 Å². The van der Waals surface area contributed by atoms with Crippen LogP contribution in [0.1, 0.15) is 55.5 Å². The summed E-state index contributed by atoms with van der Waals surface area (Å²) in [6, 6.07) is 14.5. The topological polar surface area (TPSA) is 66.5 Å². The Morgan fingerprint density at radius 3 is 2.97 bits per heavy atom. The minimum atomic E-state index is -0.313. The Bertz CT molecular complexity index is 873. The van der Waals surface area contributed by atoms with Gasteiger partial charge in [-0.05, 0) is 69.2 Å². The van der Waals surface area contributed by atoms with Crippen LogP contribution in [0.15, 0.2) is 42.5 Å². The van der Waals surface area contributed by atoms with E-state index in [9.17, 15) is 4.79 Å². The van der Waals surface area contributed by atoms with Crippen molar-refractivity contribution in [2.24, 2.45) is 0 Å². The second-order valence-electron chi connectivity index (χ2n) is 8.80. The lowest BCUT2D eigenvalue weighted by atomic mass is 10.1. The minimum Gasteiger partial charge on any atom is -0.465 e. The van der Waals surface area contributed by atoms with Gasteiger partial charge in [0.1, 0.15) is 11.9 Å². The van der Waals surface area contributed by atoms with Crippen molar-refractivity contribution in [3.8, 4) is 0 Å². The Balaban J connectivity index is 1.21. The first-order valence-corrected chi connectivity index (χ1v) is 12.2. The van der Waals surface area contributed by atoms with Crippen LogP contribution in [0.4, 0.5) is 5.82 Å². The monoisotopic (exact) mass is 436 g/mol. The molecule has 0 saturated carbocycles. The molecular weight excluding hydrogens is 400 g/mol. The number of nitrogens with zero attached hydrogens (tertiary/aromatic N) is 2. The molecule has 0 amide bonds. The largest absolute Gasteiger partial charge is 0.465 e. The van der Waals surface area contributed by atoms with Crippen LogP contribution in [0.2, 0.25) is 0 Å². The predicted molar refractivity (Wildman–Crippen MR) is 128 cm³/mol. The normalized spacial score (nSPS) is 19.2. The van der Waals surface area contributed by atoms with Crippen molar-refractivity contribution in [2.75, 3.05) is 38.1 Å². The van der Waals surface area contributed by atoms with Gasteiger partial charge in [0.2, 0.25) is 0 Å². The van der Waals surface area contributed by atoms with Crippen molar-refractivity contribution in [3.63, 3.8) is 0 Å². The summed E-state index contributed by atoms with van der Waals surface area (Å²) in [4.78, 5) is 19.7. The molecule has 2 N–H and O–H groups in total. The third-order valence-corrected chi connectivity index (χ3v) is 6.45. The fourth-order valence-electron chi connectivity index (χ4n) is 4.79. The average Bonchev–Trinajstić information content (AvgIpc) is 3.28. The second-order valence-corrected chi connectivity index (χ2v) is 8.80. The van der Waals surface area contributed by atoms with Gasteiger partial charge >= 0.3 is 5.97 Å². The quantitative estimate of drug-likeness (QED) is 0.437. The van der Waals surface area contributed by atoms with E-state index in [4.69, 9.17) is 9.72 Å². The maximum absolute atomic E-state index is 12.7. The zero-order valence-electron chi connectivity index (χ0n) is 19.2. The van der Waals surface area contributed by atoms with E-state index in [0.29, 0.717) is 12.6 Å². The number of aromatic nitrogens is 1. The van der Waals surface area contributed by atoms with Crippen molar-refractivity contribution in [1.82, 2.24) is 15.2 Å². The van der Waals surface area contributed by atoms with Crippen LogP contribution in [0, 0.1) is 0 Å². The van der Waals surface area contributed by atoms with Gasteiger partial charge in [0, 0.05) is 31.4 Å². The van der Waals surface area contributed by atoms with Crippen LogP contribution < -0.4 is 10.6 Å². The highest BCUT2D eigenvalue weighted by molar-refractivity contribution is 5.77. The number of hydrogen-bond acceptors (Lipinski definition) is 6. The molecule has 1 aromatic heterocycles. The smallest absolute Gasteiger partial charge is 0.328 e. The molecule has 0 aliphatic carbocycles. The third kappa shape index (κ3) is 5.87. The summed E-state index contributed by atoms with van der Waals surface area (Å²) < 4.78 is 5.38. The number of rotatable bonds is 10. The van der Waals surface area contributed by atoms with Crippen LogP contribution in [-0.4, -0.2) is 54.7 Å². The zero-order valence-corrected chi connectivity index (χ0v) is 19.2. The van der Waals surface area contributed by atoms with Gasteiger partial charge in [-0.25, -0.2) is 9.78 Å². The lowest BCUT2D eigenvalue weighted by molar-refractivity contribution is -0.149. The molecule has 2 aliphatic heterocycles. The summed E-state index contributed by atoms with van der Waals surface area (Å²) in [7, 11) is 0. The molecule has 1 saturated heterocycles. The maximum atomic E-state index is 12.7. The lowest BCUT2D eigenvalue weighted by Gasteiger charge is -2.26. The Morgan fingerprint density at radius 2 is 2.12 bits per heavy atom. The Kier molecular flexibility index (Phi) is 8.13. The Labute approximate surface area is 191 Å². The number of hydrogen-bond donors (Lipinski definition) is 2. The zero-order chi connectivity index (χ0) is 22.2. The first kappa shape index (κ1) is 22.7. The summed E-state index contributed by atoms with van der Waals surface area (Å²) in [6.45, 7) is 6.08. The number of aryl methyl sites for hydroxylation is 2. The van der Waals surface area contributed by atoms with Gasteiger partial charge in [0.25, 0.3) is 0 Å². The molecule has 3 heterocycles. The minimum absolute atomic E-state index is 0.147. The number of fused-ring (bicyclic) bond motifs is 1. The molecule has 0 radical (unpaired) electrons. The van der Waals surface area contributed by atoms with E-state index >= 15 is 0 Å². The number of esters is 1. The summed E-state index contributed by atoms with van der Waals surface area (Å²) in [6.07, 6.45) is 6.67. The lowest BCUT2D eigenvalue weighted by Crippen LogP contribution is -2.37. The fourth-order valence-corrected chi connectivity index (χ4v) is 4.79. The fraction of sp³-hybridized carbons (Fsp3) is 0.538. The van der Waals surface area contributed by atoms with Gasteiger partial charge in [0.05, 0.1) is 6.61 Å². The molecule has 2 unspecified atom stereocenters. The molecular formula is C26H36N4O2. The number of ether oxygens (including phenoxy) is 1. The number of nitrogens with one attached hydrogen (secondary N) is 2. The molecule has 0 spiro atoms. The van der Waals surface area contributed by atoms with E-state index in [0.717, 1.165) is 69.7 Å².